The fourth-order valence-electron chi connectivity index (χ4n) is 1.90. The molecule has 0 radical (unpaired) electrons. The number of cyclic esters (lactones) is 1. The standard InChI is InChI=1S/C15H9ClO2/c16-11-7-5-10(6-8-11)9-14-12-3-1-2-4-13(12)15(17)18-14/h1-9H/b14-9-. The van der Waals surface area contributed by atoms with Gasteiger partial charge in [-0.05, 0) is 29.8 Å². The highest BCUT2D eigenvalue weighted by Gasteiger charge is 2.25. The van der Waals surface area contributed by atoms with E-state index in [1.165, 1.54) is 0 Å². The number of hydrogen-bond donors (Lipinski definition) is 0. The Bertz CT molecular complexity index is 642. The lowest BCUT2D eigenvalue weighted by Gasteiger charge is -1.99. The van der Waals surface area contributed by atoms with Crippen LogP contribution in [0.15, 0.2) is 48.5 Å². The minimum Gasteiger partial charge on any atom is -0.422 e. The van der Waals surface area contributed by atoms with E-state index >= 15 is 0 Å². The zero-order valence-corrected chi connectivity index (χ0v) is 10.1. The monoisotopic (exact) mass is 256 g/mol. The summed E-state index contributed by atoms with van der Waals surface area (Å²) in [5.74, 6) is 0.281. The molecule has 2 aromatic carbocycles. The molecule has 2 aromatic rings. The SMILES string of the molecule is O=C1O/C(=C\c2ccc(Cl)cc2)c2ccccc21. The smallest absolute Gasteiger partial charge is 0.344 e. The van der Waals surface area contributed by atoms with E-state index < -0.39 is 0 Å². The second-order valence-corrected chi connectivity index (χ2v) is 4.43. The van der Waals surface area contributed by atoms with Crippen molar-refractivity contribution in [2.75, 3.05) is 0 Å². The number of carbonyl (C=O) groups excluding carboxylic acids is 1. The molecule has 0 saturated heterocycles. The summed E-state index contributed by atoms with van der Waals surface area (Å²) < 4.78 is 5.26. The third kappa shape index (κ3) is 1.91. The summed E-state index contributed by atoms with van der Waals surface area (Å²) in [7, 11) is 0. The van der Waals surface area contributed by atoms with Gasteiger partial charge in [0.05, 0.1) is 5.56 Å². The number of halogens is 1. The van der Waals surface area contributed by atoms with Gasteiger partial charge in [0.2, 0.25) is 0 Å². The molecule has 3 rings (SSSR count). The van der Waals surface area contributed by atoms with E-state index in [0.717, 1.165) is 11.1 Å². The van der Waals surface area contributed by atoms with Crippen LogP contribution < -0.4 is 0 Å². The Morgan fingerprint density at radius 3 is 2.33 bits per heavy atom. The topological polar surface area (TPSA) is 26.3 Å². The molecule has 1 aliphatic rings. The van der Waals surface area contributed by atoms with Gasteiger partial charge >= 0.3 is 5.97 Å². The van der Waals surface area contributed by atoms with E-state index in [2.05, 4.69) is 0 Å². The number of carbonyl (C=O) groups is 1. The third-order valence-electron chi connectivity index (χ3n) is 2.78. The van der Waals surface area contributed by atoms with E-state index in [-0.39, 0.29) is 5.97 Å². The van der Waals surface area contributed by atoms with E-state index in [1.807, 2.05) is 36.4 Å². The third-order valence-corrected chi connectivity index (χ3v) is 3.03. The van der Waals surface area contributed by atoms with Crippen molar-refractivity contribution in [3.05, 3.63) is 70.2 Å². The molecule has 18 heavy (non-hydrogen) atoms. The molecule has 0 fully saturated rings. The van der Waals surface area contributed by atoms with Crippen molar-refractivity contribution in [1.29, 1.82) is 0 Å². The van der Waals surface area contributed by atoms with Crippen molar-refractivity contribution in [2.24, 2.45) is 0 Å². The number of benzene rings is 2. The molecule has 0 unspecified atom stereocenters. The van der Waals surface area contributed by atoms with Crippen LogP contribution in [0.3, 0.4) is 0 Å². The second-order valence-electron chi connectivity index (χ2n) is 4.00. The molecule has 3 heteroatoms. The minimum atomic E-state index is -0.300. The first-order chi connectivity index (χ1) is 8.74. The van der Waals surface area contributed by atoms with E-state index in [1.54, 1.807) is 18.2 Å². The summed E-state index contributed by atoms with van der Waals surface area (Å²) in [6, 6.07) is 14.7. The first-order valence-corrected chi connectivity index (χ1v) is 5.91. The molecule has 0 aromatic heterocycles. The summed E-state index contributed by atoms with van der Waals surface area (Å²) in [6.45, 7) is 0. The van der Waals surface area contributed by atoms with Gasteiger partial charge in [-0.2, -0.15) is 0 Å². The first kappa shape index (κ1) is 11.1. The van der Waals surface area contributed by atoms with Gasteiger partial charge in [0.25, 0.3) is 0 Å². The largest absolute Gasteiger partial charge is 0.422 e. The molecule has 0 spiro atoms. The lowest BCUT2D eigenvalue weighted by molar-refractivity contribution is 0.0717. The highest BCUT2D eigenvalue weighted by molar-refractivity contribution is 6.30. The van der Waals surface area contributed by atoms with E-state index in [4.69, 9.17) is 16.3 Å². The van der Waals surface area contributed by atoms with Crippen LogP contribution in [0.1, 0.15) is 21.5 Å². The van der Waals surface area contributed by atoms with Crippen LogP contribution in [-0.4, -0.2) is 5.97 Å². The maximum atomic E-state index is 11.6. The molecule has 0 bridgehead atoms. The van der Waals surface area contributed by atoms with Gasteiger partial charge in [0.15, 0.2) is 0 Å². The van der Waals surface area contributed by atoms with Crippen molar-refractivity contribution in [3.8, 4) is 0 Å². The molecule has 2 nitrogen and oxygen atoms in total. The Balaban J connectivity index is 2.04. The fraction of sp³-hybridized carbons (Fsp3) is 0. The Morgan fingerprint density at radius 2 is 1.61 bits per heavy atom. The molecule has 1 aliphatic heterocycles. The quantitative estimate of drug-likeness (QED) is 0.721. The van der Waals surface area contributed by atoms with E-state index in [9.17, 15) is 4.79 Å². The average molecular weight is 257 g/mol. The van der Waals surface area contributed by atoms with Gasteiger partial charge in [0, 0.05) is 10.6 Å². The molecule has 0 N–H and O–H groups in total. The zero-order valence-electron chi connectivity index (χ0n) is 9.39. The van der Waals surface area contributed by atoms with Crippen LogP contribution in [0.5, 0.6) is 0 Å². The van der Waals surface area contributed by atoms with Gasteiger partial charge in [-0.25, -0.2) is 4.79 Å². The zero-order chi connectivity index (χ0) is 12.5. The number of esters is 1. The van der Waals surface area contributed by atoms with Crippen LogP contribution in [0.4, 0.5) is 0 Å². The van der Waals surface area contributed by atoms with E-state index in [0.29, 0.717) is 16.3 Å². The normalized spacial score (nSPS) is 15.6. The maximum absolute atomic E-state index is 11.6. The van der Waals surface area contributed by atoms with Gasteiger partial charge in [0.1, 0.15) is 5.76 Å². The van der Waals surface area contributed by atoms with Crippen molar-refractivity contribution in [3.63, 3.8) is 0 Å². The van der Waals surface area contributed by atoms with Crippen molar-refractivity contribution in [2.45, 2.75) is 0 Å². The van der Waals surface area contributed by atoms with Crippen molar-refractivity contribution in [1.82, 2.24) is 0 Å². The lowest BCUT2D eigenvalue weighted by Crippen LogP contribution is -1.92. The number of fused-ring (bicyclic) bond motifs is 1. The van der Waals surface area contributed by atoms with Gasteiger partial charge in [-0.1, -0.05) is 41.9 Å². The summed E-state index contributed by atoms with van der Waals surface area (Å²) in [6.07, 6.45) is 1.83. The second kappa shape index (κ2) is 4.31. The van der Waals surface area contributed by atoms with Crippen molar-refractivity contribution < 1.29 is 9.53 Å². The molecule has 88 valence electrons. The van der Waals surface area contributed by atoms with Gasteiger partial charge in [-0.3, -0.25) is 0 Å². The van der Waals surface area contributed by atoms with Crippen LogP contribution in [0, 0.1) is 0 Å². The summed E-state index contributed by atoms with van der Waals surface area (Å²) in [4.78, 5) is 11.6. The molecular weight excluding hydrogens is 248 g/mol. The molecule has 0 aliphatic carbocycles. The summed E-state index contributed by atoms with van der Waals surface area (Å²) >= 11 is 5.83. The van der Waals surface area contributed by atoms with Gasteiger partial charge < -0.3 is 4.74 Å². The van der Waals surface area contributed by atoms with Crippen molar-refractivity contribution >= 4 is 29.4 Å². The molecule has 0 saturated carbocycles. The lowest BCUT2D eigenvalue weighted by atomic mass is 10.1. The molecule has 0 amide bonds. The first-order valence-electron chi connectivity index (χ1n) is 5.53. The number of rotatable bonds is 1. The van der Waals surface area contributed by atoms with Crippen LogP contribution in [0.2, 0.25) is 5.02 Å². The Labute approximate surface area is 109 Å². The number of hydrogen-bond acceptors (Lipinski definition) is 2. The highest BCUT2D eigenvalue weighted by atomic mass is 35.5. The summed E-state index contributed by atoms with van der Waals surface area (Å²) in [5, 5.41) is 0.681. The van der Waals surface area contributed by atoms with Crippen LogP contribution in [-0.2, 0) is 4.74 Å². The Hall–Kier alpha value is -2.06. The van der Waals surface area contributed by atoms with Crippen LogP contribution in [0.25, 0.3) is 11.8 Å². The Morgan fingerprint density at radius 1 is 0.944 bits per heavy atom. The summed E-state index contributed by atoms with van der Waals surface area (Å²) in [5.41, 5.74) is 2.38. The predicted molar refractivity (Wildman–Crippen MR) is 71.2 cm³/mol. The van der Waals surface area contributed by atoms with Crippen LogP contribution >= 0.6 is 11.6 Å². The molecular formula is C15H9ClO2. The highest BCUT2D eigenvalue weighted by Crippen LogP contribution is 2.31. The predicted octanol–water partition coefficient (Wildman–Crippen LogP) is 4.01. The van der Waals surface area contributed by atoms with Gasteiger partial charge in [-0.15, -0.1) is 0 Å². The minimum absolute atomic E-state index is 0.300. The molecule has 0 atom stereocenters. The maximum Gasteiger partial charge on any atom is 0.344 e. The molecule has 1 heterocycles. The Kier molecular flexibility index (Phi) is 2.65. The fourth-order valence-corrected chi connectivity index (χ4v) is 2.03. The average Bonchev–Trinajstić information content (AvgIpc) is 2.70. The number of ether oxygens (including phenoxy) is 1.